The normalized spacial score (nSPS) is 15.3. The molecule has 0 fully saturated rings. The van der Waals surface area contributed by atoms with Crippen molar-refractivity contribution in [3.63, 3.8) is 0 Å². The highest BCUT2D eigenvalue weighted by Crippen LogP contribution is 2.29. The number of benzene rings is 2. The predicted octanol–water partition coefficient (Wildman–Crippen LogP) is 3.58. The van der Waals surface area contributed by atoms with Crippen LogP contribution >= 0.6 is 11.6 Å². The molecule has 1 aliphatic rings. The molecule has 0 spiro atoms. The Hall–Kier alpha value is -2.59. The lowest BCUT2D eigenvalue weighted by atomic mass is 10.1. The number of aromatic nitrogens is 2. The third-order valence-electron chi connectivity index (χ3n) is 4.11. The highest BCUT2D eigenvalue weighted by Gasteiger charge is 2.21. The highest BCUT2D eigenvalue weighted by atomic mass is 35.5. The molecular weight excluding hydrogens is 310 g/mol. The van der Waals surface area contributed by atoms with E-state index in [1.54, 1.807) is 22.8 Å². The summed E-state index contributed by atoms with van der Waals surface area (Å²) in [7, 11) is 0. The van der Waals surface area contributed by atoms with Gasteiger partial charge in [-0.25, -0.2) is 4.98 Å². The second kappa shape index (κ2) is 5.25. The first-order chi connectivity index (χ1) is 11.1. The average molecular weight is 324 g/mol. The van der Waals surface area contributed by atoms with Gasteiger partial charge in [-0.05, 0) is 47.9 Å². The minimum atomic E-state index is -0.0208. The number of halogens is 1. The number of hydrogen-bond acceptors (Lipinski definition) is 3. The van der Waals surface area contributed by atoms with Crippen LogP contribution in [-0.2, 0) is 6.54 Å². The molecule has 3 aromatic rings. The van der Waals surface area contributed by atoms with E-state index in [1.807, 2.05) is 30.3 Å². The maximum absolute atomic E-state index is 12.6. The van der Waals surface area contributed by atoms with Gasteiger partial charge in [-0.15, -0.1) is 0 Å². The topological polar surface area (TPSA) is 60.9 Å². The van der Waals surface area contributed by atoms with Crippen LogP contribution in [-0.4, -0.2) is 9.55 Å². The van der Waals surface area contributed by atoms with E-state index >= 15 is 0 Å². The van der Waals surface area contributed by atoms with Gasteiger partial charge in [-0.1, -0.05) is 29.8 Å². The number of rotatable bonds is 1. The van der Waals surface area contributed by atoms with Gasteiger partial charge in [0.2, 0.25) is 0 Å². The van der Waals surface area contributed by atoms with Crippen molar-refractivity contribution in [2.24, 2.45) is 0 Å². The second-order valence-electron chi connectivity index (χ2n) is 5.61. The molecule has 0 unspecified atom stereocenters. The van der Waals surface area contributed by atoms with Gasteiger partial charge in [0.25, 0.3) is 5.56 Å². The van der Waals surface area contributed by atoms with Gasteiger partial charge in [0.05, 0.1) is 10.9 Å². The van der Waals surface area contributed by atoms with Crippen LogP contribution in [0.25, 0.3) is 22.6 Å². The van der Waals surface area contributed by atoms with Gasteiger partial charge in [0, 0.05) is 17.3 Å². The average Bonchev–Trinajstić information content (AvgIpc) is 2.93. The first kappa shape index (κ1) is 14.0. The first-order valence-electron chi connectivity index (χ1n) is 7.39. The summed E-state index contributed by atoms with van der Waals surface area (Å²) in [5, 5.41) is 1.28. The lowest BCUT2D eigenvalue weighted by Gasteiger charge is -2.06. The molecular formula is C18H14ClN3O. The van der Waals surface area contributed by atoms with Crippen molar-refractivity contribution in [3.8, 4) is 0 Å². The Balaban J connectivity index is 1.93. The van der Waals surface area contributed by atoms with Crippen molar-refractivity contribution in [3.05, 3.63) is 69.2 Å². The number of hydrogen-bond donors (Lipinski definition) is 1. The van der Waals surface area contributed by atoms with E-state index in [2.05, 4.69) is 4.98 Å². The summed E-state index contributed by atoms with van der Waals surface area (Å²) in [5.74, 6) is 0.702. The fourth-order valence-electron chi connectivity index (χ4n) is 2.95. The molecule has 0 amide bonds. The van der Waals surface area contributed by atoms with Gasteiger partial charge < -0.3 is 5.73 Å². The van der Waals surface area contributed by atoms with Gasteiger partial charge >= 0.3 is 0 Å². The van der Waals surface area contributed by atoms with E-state index in [4.69, 9.17) is 17.3 Å². The van der Waals surface area contributed by atoms with Crippen LogP contribution in [0, 0.1) is 0 Å². The Bertz CT molecular complexity index is 1020. The van der Waals surface area contributed by atoms with Crippen LogP contribution in [0.2, 0.25) is 5.02 Å². The molecule has 0 saturated carbocycles. The number of nitrogens with two attached hydrogens (primary N) is 1. The van der Waals surface area contributed by atoms with Crippen LogP contribution < -0.4 is 11.3 Å². The Morgan fingerprint density at radius 3 is 2.87 bits per heavy atom. The molecule has 4 nitrogen and oxygen atoms in total. The summed E-state index contributed by atoms with van der Waals surface area (Å²) < 4.78 is 1.72. The van der Waals surface area contributed by atoms with E-state index in [0.29, 0.717) is 34.0 Å². The maximum Gasteiger partial charge on any atom is 0.261 e. The molecule has 0 bridgehead atoms. The molecule has 1 aliphatic heterocycles. The zero-order valence-corrected chi connectivity index (χ0v) is 13.0. The van der Waals surface area contributed by atoms with Crippen molar-refractivity contribution in [1.29, 1.82) is 0 Å². The van der Waals surface area contributed by atoms with Gasteiger partial charge in [-0.2, -0.15) is 0 Å². The summed E-state index contributed by atoms with van der Waals surface area (Å²) in [5.41, 5.74) is 8.97. The van der Waals surface area contributed by atoms with E-state index in [0.717, 1.165) is 17.6 Å². The molecule has 0 saturated heterocycles. The summed E-state index contributed by atoms with van der Waals surface area (Å²) in [6.07, 6.45) is 2.77. The number of nitrogen functional groups attached to an aromatic ring is 1. The van der Waals surface area contributed by atoms with Crippen LogP contribution in [0.1, 0.15) is 17.8 Å². The molecule has 0 radical (unpaired) electrons. The lowest BCUT2D eigenvalue weighted by Crippen LogP contribution is -2.20. The molecule has 2 aromatic carbocycles. The minimum Gasteiger partial charge on any atom is -0.399 e. The second-order valence-corrected chi connectivity index (χ2v) is 6.02. The Kier molecular flexibility index (Phi) is 3.20. The standard InChI is InChI=1S/C18H14ClN3O/c19-15-4-2-1-3-11(15)9-12-7-8-22-17(12)21-16-10-13(20)5-6-14(16)18(22)23/h1-6,9-10H,7-8,20H2. The highest BCUT2D eigenvalue weighted by molar-refractivity contribution is 6.32. The first-order valence-corrected chi connectivity index (χ1v) is 7.77. The van der Waals surface area contributed by atoms with Gasteiger partial charge in [0.15, 0.2) is 0 Å². The van der Waals surface area contributed by atoms with Crippen LogP contribution in [0.5, 0.6) is 0 Å². The lowest BCUT2D eigenvalue weighted by molar-refractivity contribution is 0.725. The Labute approximate surface area is 137 Å². The number of nitrogens with zero attached hydrogens (tertiary/aromatic N) is 2. The fraction of sp³-hybridized carbons (Fsp3) is 0.111. The predicted molar refractivity (Wildman–Crippen MR) is 94.4 cm³/mol. The van der Waals surface area contributed by atoms with Crippen molar-refractivity contribution in [2.75, 3.05) is 5.73 Å². The monoisotopic (exact) mass is 323 g/mol. The van der Waals surface area contributed by atoms with Gasteiger partial charge in [0.1, 0.15) is 5.82 Å². The van der Waals surface area contributed by atoms with E-state index in [1.165, 1.54) is 0 Å². The fourth-order valence-corrected chi connectivity index (χ4v) is 3.14. The Morgan fingerprint density at radius 1 is 1.22 bits per heavy atom. The third kappa shape index (κ3) is 2.32. The number of fused-ring (bicyclic) bond motifs is 2. The molecule has 5 heteroatoms. The van der Waals surface area contributed by atoms with Gasteiger partial charge in [-0.3, -0.25) is 9.36 Å². The number of allylic oxidation sites excluding steroid dienone is 1. The number of anilines is 1. The van der Waals surface area contributed by atoms with E-state index in [-0.39, 0.29) is 5.56 Å². The molecule has 2 heterocycles. The molecule has 4 rings (SSSR count). The summed E-state index contributed by atoms with van der Waals surface area (Å²) in [6, 6.07) is 12.8. The van der Waals surface area contributed by atoms with E-state index in [9.17, 15) is 4.79 Å². The minimum absolute atomic E-state index is 0.0208. The van der Waals surface area contributed by atoms with E-state index < -0.39 is 0 Å². The van der Waals surface area contributed by atoms with Crippen LogP contribution in [0.4, 0.5) is 5.69 Å². The zero-order valence-electron chi connectivity index (χ0n) is 12.3. The largest absolute Gasteiger partial charge is 0.399 e. The molecule has 114 valence electrons. The van der Waals surface area contributed by atoms with Crippen LogP contribution in [0.15, 0.2) is 47.3 Å². The van der Waals surface area contributed by atoms with Crippen molar-refractivity contribution in [2.45, 2.75) is 13.0 Å². The molecule has 1 aromatic heterocycles. The molecule has 0 aliphatic carbocycles. The van der Waals surface area contributed by atoms with Crippen molar-refractivity contribution < 1.29 is 0 Å². The van der Waals surface area contributed by atoms with Crippen molar-refractivity contribution >= 4 is 39.8 Å². The van der Waals surface area contributed by atoms with Crippen LogP contribution in [0.3, 0.4) is 0 Å². The molecule has 23 heavy (non-hydrogen) atoms. The summed E-state index contributed by atoms with van der Waals surface area (Å²) in [4.78, 5) is 17.3. The molecule has 2 N–H and O–H groups in total. The maximum atomic E-state index is 12.6. The summed E-state index contributed by atoms with van der Waals surface area (Å²) >= 11 is 6.23. The quantitative estimate of drug-likeness (QED) is 0.696. The zero-order chi connectivity index (χ0) is 16.0. The SMILES string of the molecule is Nc1ccc2c(=O)n3c(nc2c1)C(=Cc1ccccc1Cl)CC3. The third-order valence-corrected chi connectivity index (χ3v) is 4.45. The summed E-state index contributed by atoms with van der Waals surface area (Å²) in [6.45, 7) is 0.637. The molecule has 0 atom stereocenters. The smallest absolute Gasteiger partial charge is 0.261 e. The van der Waals surface area contributed by atoms with Crippen molar-refractivity contribution in [1.82, 2.24) is 9.55 Å². The Morgan fingerprint density at radius 2 is 2.04 bits per heavy atom.